The monoisotopic (exact) mass is 1090 g/mol. The topological polar surface area (TPSA) is 293 Å². The largest absolute Gasteiger partial charge is 0.481 e. The van der Waals surface area contributed by atoms with E-state index < -0.39 is 77.3 Å². The van der Waals surface area contributed by atoms with E-state index in [2.05, 4.69) is 12.6 Å². The Balaban J connectivity index is 7.05. The first-order chi connectivity index (χ1) is 32.4. The average molecular weight is 1090 g/mol. The molecule has 5 atom stereocenters. The van der Waals surface area contributed by atoms with Gasteiger partial charge in [-0.25, -0.2) is 29.3 Å². The van der Waals surface area contributed by atoms with Crippen LogP contribution in [-0.2, 0) is 81.8 Å². The van der Waals surface area contributed by atoms with Gasteiger partial charge in [-0.15, -0.1) is 0 Å². The van der Waals surface area contributed by atoms with E-state index in [0.29, 0.717) is 12.8 Å². The van der Waals surface area contributed by atoms with Crippen molar-refractivity contribution in [1.82, 2.24) is 0 Å². The zero-order valence-corrected chi connectivity index (χ0v) is 44.4. The fourth-order valence-corrected chi connectivity index (χ4v) is 10.6. The van der Waals surface area contributed by atoms with Gasteiger partial charge in [-0.1, -0.05) is 0 Å². The molecule has 396 valence electrons. The molecule has 0 spiro atoms. The Bertz CT molecular complexity index is 1390. The van der Waals surface area contributed by atoms with Crippen LogP contribution in [0.5, 0.6) is 0 Å². The maximum atomic E-state index is 13.3. The summed E-state index contributed by atoms with van der Waals surface area (Å²) in [6.45, 7) is -0.576. The number of hydrogen-bond acceptors (Lipinski definition) is 23. The Hall–Kier alpha value is -1.89. The Morgan fingerprint density at radius 3 is 1.18 bits per heavy atom. The van der Waals surface area contributed by atoms with Crippen molar-refractivity contribution in [2.24, 2.45) is 22.7 Å². The van der Waals surface area contributed by atoms with Crippen molar-refractivity contribution < 1.29 is 102 Å². The average Bonchev–Trinajstić information content (AvgIpc) is 3.29. The predicted molar refractivity (Wildman–Crippen MR) is 262 cm³/mol. The molecule has 21 nitrogen and oxygen atoms in total. The van der Waals surface area contributed by atoms with Crippen molar-refractivity contribution in [3.8, 4) is 0 Å². The van der Waals surface area contributed by atoms with Gasteiger partial charge >= 0.3 is 41.8 Å². The van der Waals surface area contributed by atoms with E-state index in [9.17, 15) is 43.8 Å². The number of thiol groups is 1. The standard InChI is InChI=1S/C41H70O21S6/c1-53-60-18-30(64-4)15-40(25-57-35(46)7-10-63,16-31(65-5)19-61-54-2)23-56-24-41(17-32(66-6)20-62-55-3,26-58-36(47)8-11-67-21-28(38(49)50)13-33(42)43)27-59-37(48)9-12-68-22-29(39(51)52)14-34(44)45/h28-32,63H,7-27H2,1-6H3,(H,42,43)(H,44,45)(H,49,50)(H,51,52). The molecule has 0 fully saturated rings. The Morgan fingerprint density at radius 1 is 0.515 bits per heavy atom. The second-order valence-electron chi connectivity index (χ2n) is 15.4. The number of aliphatic carboxylic acids is 4. The predicted octanol–water partition coefficient (Wildman–Crippen LogP) is 4.62. The van der Waals surface area contributed by atoms with Crippen LogP contribution in [0.1, 0.15) is 51.4 Å². The van der Waals surface area contributed by atoms with E-state index in [0.717, 1.165) is 23.5 Å². The number of esters is 3. The van der Waals surface area contributed by atoms with Gasteiger partial charge in [0.15, 0.2) is 0 Å². The van der Waals surface area contributed by atoms with Gasteiger partial charge in [-0.3, -0.25) is 33.6 Å². The maximum Gasteiger partial charge on any atom is 0.307 e. The molecule has 4 N–H and O–H groups in total. The van der Waals surface area contributed by atoms with Gasteiger partial charge < -0.3 is 39.4 Å². The third-order valence-corrected chi connectivity index (χ3v) is 15.3. The normalized spacial score (nSPS) is 15.5. The summed E-state index contributed by atoms with van der Waals surface area (Å²) in [5.41, 5.74) is -2.18. The van der Waals surface area contributed by atoms with Crippen LogP contribution in [0.4, 0.5) is 0 Å². The molecule has 0 saturated carbocycles. The van der Waals surface area contributed by atoms with E-state index in [1.54, 1.807) is 0 Å². The van der Waals surface area contributed by atoms with Crippen molar-refractivity contribution in [3.05, 3.63) is 0 Å². The number of carbonyl (C=O) groups excluding carboxylic acids is 3. The van der Waals surface area contributed by atoms with Crippen molar-refractivity contribution in [1.29, 1.82) is 0 Å². The first-order valence-corrected chi connectivity index (χ1v) is 27.9. The Morgan fingerprint density at radius 2 is 0.853 bits per heavy atom. The Labute approximate surface area is 424 Å². The fraction of sp³-hybridized carbons (Fsp3) is 0.829. The number of carbonyl (C=O) groups is 7. The maximum absolute atomic E-state index is 13.3. The lowest BCUT2D eigenvalue weighted by molar-refractivity contribution is -0.274. The molecule has 68 heavy (non-hydrogen) atoms. The van der Waals surface area contributed by atoms with Gasteiger partial charge in [0.1, 0.15) is 13.2 Å². The van der Waals surface area contributed by atoms with Crippen LogP contribution in [0.15, 0.2) is 0 Å². The molecular weight excluding hydrogens is 1020 g/mol. The van der Waals surface area contributed by atoms with Gasteiger partial charge in [-0.05, 0) is 38.0 Å². The molecule has 0 heterocycles. The van der Waals surface area contributed by atoms with E-state index in [-0.39, 0.29) is 123 Å². The van der Waals surface area contributed by atoms with Crippen LogP contribution in [0, 0.1) is 22.7 Å². The quantitative estimate of drug-likeness (QED) is 0.0139. The number of hydrogen-bond donors (Lipinski definition) is 5. The lowest BCUT2D eigenvalue weighted by Gasteiger charge is -2.40. The van der Waals surface area contributed by atoms with Crippen LogP contribution in [0.25, 0.3) is 0 Å². The van der Waals surface area contributed by atoms with Gasteiger partial charge in [0.25, 0.3) is 0 Å². The summed E-state index contributed by atoms with van der Waals surface area (Å²) in [6, 6.07) is 0. The van der Waals surface area contributed by atoms with Crippen LogP contribution in [0.3, 0.4) is 0 Å². The van der Waals surface area contributed by atoms with E-state index in [4.69, 9.17) is 58.5 Å². The Kier molecular flexibility index (Phi) is 38.6. The smallest absolute Gasteiger partial charge is 0.307 e. The molecule has 0 bridgehead atoms. The first kappa shape index (κ1) is 66.1. The SMILES string of the molecule is COOCC(CC(COCC(COC(=O)CCS)(CC(COOC)SC)CC(COOC)SC)(COC(=O)CCSCC(CC(=O)O)C(=O)O)COC(=O)CCSCC(CC(=O)O)C(=O)O)SC. The number of thioether (sulfide) groups is 5. The molecule has 0 rings (SSSR count). The minimum atomic E-state index is -1.27. The van der Waals surface area contributed by atoms with Crippen molar-refractivity contribution in [2.75, 3.05) is 122 Å². The van der Waals surface area contributed by atoms with Crippen molar-refractivity contribution in [2.45, 2.75) is 67.1 Å². The number of carboxylic acids is 4. The highest BCUT2D eigenvalue weighted by Gasteiger charge is 2.42. The van der Waals surface area contributed by atoms with Gasteiger partial charge in [0.2, 0.25) is 0 Å². The van der Waals surface area contributed by atoms with Crippen molar-refractivity contribution in [3.63, 3.8) is 0 Å². The minimum Gasteiger partial charge on any atom is -0.481 e. The van der Waals surface area contributed by atoms with Gasteiger partial charge in [0.05, 0.1) is 110 Å². The lowest BCUT2D eigenvalue weighted by atomic mass is 9.79. The molecular formula is C41H70O21S6. The third-order valence-electron chi connectivity index (χ3n) is 9.93. The fourth-order valence-electron chi connectivity index (χ4n) is 6.29. The lowest BCUT2D eigenvalue weighted by Crippen LogP contribution is -2.45. The summed E-state index contributed by atoms with van der Waals surface area (Å²) >= 11 is 10.8. The molecule has 0 saturated heterocycles. The molecule has 0 aliphatic carbocycles. The number of carboxylic acid groups (broad SMARTS) is 4. The zero-order chi connectivity index (χ0) is 51.4. The van der Waals surface area contributed by atoms with Gasteiger partial charge in [0, 0.05) is 49.9 Å². The molecule has 0 aromatic carbocycles. The molecule has 5 unspecified atom stereocenters. The highest BCUT2D eigenvalue weighted by molar-refractivity contribution is 8.00. The molecule has 0 aromatic rings. The van der Waals surface area contributed by atoms with E-state index >= 15 is 0 Å². The number of ether oxygens (including phenoxy) is 4. The molecule has 0 aromatic heterocycles. The van der Waals surface area contributed by atoms with Crippen LogP contribution in [-0.4, -0.2) is 200 Å². The van der Waals surface area contributed by atoms with E-state index in [1.165, 1.54) is 56.6 Å². The molecule has 27 heteroatoms. The number of rotatable bonds is 46. The minimum absolute atomic E-state index is 0.0349. The second kappa shape index (κ2) is 39.7. The van der Waals surface area contributed by atoms with Crippen LogP contribution >= 0.6 is 71.4 Å². The molecule has 0 radical (unpaired) electrons. The summed E-state index contributed by atoms with van der Waals surface area (Å²) in [5, 5.41) is 36.3. The highest BCUT2D eigenvalue weighted by Crippen LogP contribution is 2.39. The van der Waals surface area contributed by atoms with Gasteiger partial charge in [-0.2, -0.15) is 71.4 Å². The highest BCUT2D eigenvalue weighted by atomic mass is 32.2. The van der Waals surface area contributed by atoms with Crippen molar-refractivity contribution >= 4 is 113 Å². The second-order valence-corrected chi connectivity index (χ2v) is 21.6. The summed E-state index contributed by atoms with van der Waals surface area (Å²) in [6.07, 6.45) is 5.12. The first-order valence-electron chi connectivity index (χ1n) is 21.1. The molecule has 0 aliphatic rings. The molecule has 0 aliphatic heterocycles. The summed E-state index contributed by atoms with van der Waals surface area (Å²) in [4.78, 5) is 116. The summed E-state index contributed by atoms with van der Waals surface area (Å²) < 4.78 is 24.3. The zero-order valence-electron chi connectivity index (χ0n) is 39.5. The summed E-state index contributed by atoms with van der Waals surface area (Å²) in [5.74, 6) is -8.85. The third kappa shape index (κ3) is 31.4. The van der Waals surface area contributed by atoms with E-state index in [1.807, 2.05) is 18.8 Å². The van der Waals surface area contributed by atoms with Crippen LogP contribution < -0.4 is 0 Å². The van der Waals surface area contributed by atoms with Crippen LogP contribution in [0.2, 0.25) is 0 Å². The summed E-state index contributed by atoms with van der Waals surface area (Å²) in [7, 11) is 4.13. The molecule has 0 amide bonds.